The number of thioether (sulfide) groups is 1. The van der Waals surface area contributed by atoms with Crippen LogP contribution in [0.2, 0.25) is 0 Å². The Bertz CT molecular complexity index is 479. The highest BCUT2D eigenvalue weighted by atomic mass is 32.2. The van der Waals surface area contributed by atoms with Gasteiger partial charge in [0.2, 0.25) is 0 Å². The molecule has 0 aliphatic heterocycles. The average molecular weight is 247 g/mol. The fourth-order valence-corrected chi connectivity index (χ4v) is 2.28. The number of nitrogens with zero attached hydrogens (tertiary/aromatic N) is 1. The topological polar surface area (TPSA) is 22.1 Å². The maximum Gasteiger partial charge on any atom is 0.145 e. The average Bonchev–Trinajstić information content (AvgIpc) is 2.34. The lowest BCUT2D eigenvalue weighted by Crippen LogP contribution is -2.03. The predicted octanol–water partition coefficient (Wildman–Crippen LogP) is 3.76. The standard InChI is InChI=1S/C14H17NOS/c1-11(2)17-10-9-16-13-7-3-5-12-6-4-8-15-14(12)13/h3-8,11H,9-10H2,1-2H3. The smallest absolute Gasteiger partial charge is 0.145 e. The quantitative estimate of drug-likeness (QED) is 0.751. The van der Waals surface area contributed by atoms with Crippen LogP contribution in [0.25, 0.3) is 10.9 Å². The number of hydrogen-bond acceptors (Lipinski definition) is 3. The van der Waals surface area contributed by atoms with Gasteiger partial charge in [-0.05, 0) is 17.4 Å². The zero-order chi connectivity index (χ0) is 12.1. The molecule has 0 bridgehead atoms. The summed E-state index contributed by atoms with van der Waals surface area (Å²) in [7, 11) is 0. The lowest BCUT2D eigenvalue weighted by molar-refractivity contribution is 0.347. The first kappa shape index (κ1) is 12.2. The van der Waals surface area contributed by atoms with Crippen molar-refractivity contribution in [1.82, 2.24) is 4.98 Å². The van der Waals surface area contributed by atoms with E-state index in [9.17, 15) is 0 Å². The molecule has 0 radical (unpaired) electrons. The third kappa shape index (κ3) is 3.37. The van der Waals surface area contributed by atoms with Gasteiger partial charge < -0.3 is 4.74 Å². The maximum absolute atomic E-state index is 5.79. The molecule has 1 aromatic carbocycles. The molecule has 0 amide bonds. The van der Waals surface area contributed by atoms with Gasteiger partial charge >= 0.3 is 0 Å². The van der Waals surface area contributed by atoms with Crippen LogP contribution in [0.15, 0.2) is 36.5 Å². The number of fused-ring (bicyclic) bond motifs is 1. The lowest BCUT2D eigenvalue weighted by Gasteiger charge is -2.09. The molecule has 0 saturated heterocycles. The number of para-hydroxylation sites is 1. The molecule has 0 spiro atoms. The van der Waals surface area contributed by atoms with Crippen LogP contribution in [0, 0.1) is 0 Å². The van der Waals surface area contributed by atoms with Crippen LogP contribution in [-0.2, 0) is 0 Å². The molecule has 2 nitrogen and oxygen atoms in total. The fourth-order valence-electron chi connectivity index (χ4n) is 1.63. The highest BCUT2D eigenvalue weighted by Gasteiger charge is 2.02. The van der Waals surface area contributed by atoms with Gasteiger partial charge in [0.25, 0.3) is 0 Å². The molecule has 1 heterocycles. The van der Waals surface area contributed by atoms with E-state index in [1.807, 2.05) is 30.0 Å². The third-order valence-corrected chi connectivity index (χ3v) is 3.46. The molecule has 2 aromatic rings. The predicted molar refractivity (Wildman–Crippen MR) is 74.8 cm³/mol. The first-order chi connectivity index (χ1) is 8.27. The van der Waals surface area contributed by atoms with E-state index < -0.39 is 0 Å². The van der Waals surface area contributed by atoms with Crippen molar-refractivity contribution in [3.8, 4) is 5.75 Å². The van der Waals surface area contributed by atoms with Crippen LogP contribution in [0.4, 0.5) is 0 Å². The minimum absolute atomic E-state index is 0.657. The van der Waals surface area contributed by atoms with Crippen LogP contribution < -0.4 is 4.74 Å². The van der Waals surface area contributed by atoms with Crippen molar-refractivity contribution in [1.29, 1.82) is 0 Å². The first-order valence-corrected chi connectivity index (χ1v) is 6.90. The molecule has 0 fully saturated rings. The Labute approximate surface area is 106 Å². The van der Waals surface area contributed by atoms with Gasteiger partial charge in [0.05, 0.1) is 6.61 Å². The summed E-state index contributed by atoms with van der Waals surface area (Å²) >= 11 is 1.91. The van der Waals surface area contributed by atoms with E-state index >= 15 is 0 Å². The van der Waals surface area contributed by atoms with E-state index in [1.54, 1.807) is 6.20 Å². The van der Waals surface area contributed by atoms with Gasteiger partial charge in [0, 0.05) is 17.3 Å². The van der Waals surface area contributed by atoms with Gasteiger partial charge in [-0.2, -0.15) is 11.8 Å². The molecule has 0 N–H and O–H groups in total. The summed E-state index contributed by atoms with van der Waals surface area (Å²) in [5.41, 5.74) is 0.949. The number of rotatable bonds is 5. The van der Waals surface area contributed by atoms with Crippen LogP contribution in [0.3, 0.4) is 0 Å². The zero-order valence-electron chi connectivity index (χ0n) is 10.2. The van der Waals surface area contributed by atoms with Crippen molar-refractivity contribution in [3.63, 3.8) is 0 Å². The molecule has 17 heavy (non-hydrogen) atoms. The molecule has 0 aliphatic carbocycles. The summed E-state index contributed by atoms with van der Waals surface area (Å²) in [6, 6.07) is 10.0. The zero-order valence-corrected chi connectivity index (χ0v) is 11.0. The van der Waals surface area contributed by atoms with E-state index in [0.717, 1.165) is 29.0 Å². The van der Waals surface area contributed by atoms with Crippen molar-refractivity contribution in [3.05, 3.63) is 36.5 Å². The van der Waals surface area contributed by atoms with E-state index in [4.69, 9.17) is 4.74 Å². The van der Waals surface area contributed by atoms with E-state index in [2.05, 4.69) is 31.0 Å². The van der Waals surface area contributed by atoms with Gasteiger partial charge in [-0.15, -0.1) is 0 Å². The number of hydrogen-bond donors (Lipinski definition) is 0. The first-order valence-electron chi connectivity index (χ1n) is 5.85. The largest absolute Gasteiger partial charge is 0.490 e. The molecular weight excluding hydrogens is 230 g/mol. The van der Waals surface area contributed by atoms with Gasteiger partial charge in [-0.3, -0.25) is 4.98 Å². The number of benzene rings is 1. The summed E-state index contributed by atoms with van der Waals surface area (Å²) in [6.07, 6.45) is 1.80. The van der Waals surface area contributed by atoms with Crippen molar-refractivity contribution in [2.75, 3.05) is 12.4 Å². The second-order valence-electron chi connectivity index (χ2n) is 4.10. The molecule has 90 valence electrons. The Morgan fingerprint density at radius 2 is 2.06 bits per heavy atom. The molecule has 0 saturated carbocycles. The number of ether oxygens (including phenoxy) is 1. The van der Waals surface area contributed by atoms with E-state index in [-0.39, 0.29) is 0 Å². The SMILES string of the molecule is CC(C)SCCOc1cccc2cccnc12. The molecule has 0 unspecified atom stereocenters. The minimum atomic E-state index is 0.657. The Morgan fingerprint density at radius 3 is 2.88 bits per heavy atom. The molecule has 2 rings (SSSR count). The third-order valence-electron chi connectivity index (χ3n) is 2.39. The number of aromatic nitrogens is 1. The summed E-state index contributed by atoms with van der Waals surface area (Å²) in [5.74, 6) is 1.90. The van der Waals surface area contributed by atoms with Crippen molar-refractivity contribution >= 4 is 22.7 Å². The van der Waals surface area contributed by atoms with Crippen LogP contribution in [0.1, 0.15) is 13.8 Å². The summed E-state index contributed by atoms with van der Waals surface area (Å²) in [6.45, 7) is 5.13. The summed E-state index contributed by atoms with van der Waals surface area (Å²) in [4.78, 5) is 4.36. The van der Waals surface area contributed by atoms with E-state index in [0.29, 0.717) is 5.25 Å². The van der Waals surface area contributed by atoms with Crippen LogP contribution in [0.5, 0.6) is 5.75 Å². The fraction of sp³-hybridized carbons (Fsp3) is 0.357. The minimum Gasteiger partial charge on any atom is -0.490 e. The maximum atomic E-state index is 5.79. The Kier molecular flexibility index (Phi) is 4.26. The molecule has 3 heteroatoms. The Morgan fingerprint density at radius 1 is 1.24 bits per heavy atom. The van der Waals surface area contributed by atoms with Crippen molar-refractivity contribution in [2.45, 2.75) is 19.1 Å². The van der Waals surface area contributed by atoms with Crippen LogP contribution in [-0.4, -0.2) is 22.6 Å². The Balaban J connectivity index is 2.03. The van der Waals surface area contributed by atoms with Gasteiger partial charge in [-0.1, -0.05) is 32.0 Å². The van der Waals surface area contributed by atoms with Gasteiger partial charge in [0.15, 0.2) is 0 Å². The monoisotopic (exact) mass is 247 g/mol. The normalized spacial score (nSPS) is 11.0. The lowest BCUT2D eigenvalue weighted by atomic mass is 10.2. The second kappa shape index (κ2) is 5.92. The second-order valence-corrected chi connectivity index (χ2v) is 5.78. The summed E-state index contributed by atoms with van der Waals surface area (Å²) < 4.78 is 5.79. The van der Waals surface area contributed by atoms with Gasteiger partial charge in [0.1, 0.15) is 11.3 Å². The molecular formula is C14H17NOS. The summed E-state index contributed by atoms with van der Waals surface area (Å²) in [5, 5.41) is 1.78. The van der Waals surface area contributed by atoms with Crippen molar-refractivity contribution < 1.29 is 4.74 Å². The highest BCUT2D eigenvalue weighted by molar-refractivity contribution is 7.99. The molecule has 0 atom stereocenters. The van der Waals surface area contributed by atoms with Crippen molar-refractivity contribution in [2.24, 2.45) is 0 Å². The Hall–Kier alpha value is -1.22. The highest BCUT2D eigenvalue weighted by Crippen LogP contribution is 2.23. The number of pyridine rings is 1. The molecule has 1 aromatic heterocycles. The van der Waals surface area contributed by atoms with Gasteiger partial charge in [-0.25, -0.2) is 0 Å². The van der Waals surface area contributed by atoms with Crippen LogP contribution >= 0.6 is 11.8 Å². The van der Waals surface area contributed by atoms with E-state index in [1.165, 1.54) is 0 Å². The molecule has 0 aliphatic rings.